The van der Waals surface area contributed by atoms with Gasteiger partial charge >= 0.3 is 12.4 Å². The molecule has 14 heteroatoms. The first-order valence-electron chi connectivity index (χ1n) is 12.3. The van der Waals surface area contributed by atoms with E-state index in [1.165, 1.54) is 36.5 Å². The summed E-state index contributed by atoms with van der Waals surface area (Å²) in [6, 6.07) is 9.34. The Balaban J connectivity index is 1.79. The Labute approximate surface area is 231 Å². The maximum atomic E-state index is 13.7. The lowest BCUT2D eigenvalue weighted by Crippen LogP contribution is -2.31. The summed E-state index contributed by atoms with van der Waals surface area (Å²) >= 11 is 0. The summed E-state index contributed by atoms with van der Waals surface area (Å²) in [4.78, 5) is 19.4. The summed E-state index contributed by atoms with van der Waals surface area (Å²) in [5, 5.41) is 3.35. The summed E-state index contributed by atoms with van der Waals surface area (Å²) in [5.74, 6) is 0.500. The second-order valence-corrected chi connectivity index (χ2v) is 8.92. The molecular formula is C27H26F6N6O2. The highest BCUT2D eigenvalue weighted by Gasteiger charge is 2.35. The van der Waals surface area contributed by atoms with Gasteiger partial charge in [0.25, 0.3) is 0 Å². The largest absolute Gasteiger partial charge is 0.418 e. The minimum atomic E-state index is -4.66. The number of rotatable bonds is 11. The van der Waals surface area contributed by atoms with Crippen LogP contribution >= 0.6 is 0 Å². The normalized spacial score (nSPS) is 12.3. The number of methoxy groups -OCH3 is 2. The minimum Gasteiger partial charge on any atom is -0.383 e. The van der Waals surface area contributed by atoms with Crippen LogP contribution in [0.1, 0.15) is 17.0 Å². The smallest absolute Gasteiger partial charge is 0.383 e. The van der Waals surface area contributed by atoms with Crippen LogP contribution in [-0.4, -0.2) is 65.4 Å². The lowest BCUT2D eigenvalue weighted by atomic mass is 10.1. The van der Waals surface area contributed by atoms with E-state index in [-0.39, 0.29) is 35.2 Å². The number of fused-ring (bicyclic) bond motifs is 1. The Hall–Kier alpha value is -3.88. The first kappa shape index (κ1) is 30.1. The number of aromatic nitrogens is 4. The second-order valence-electron chi connectivity index (χ2n) is 8.92. The molecule has 218 valence electrons. The highest BCUT2D eigenvalue weighted by molar-refractivity contribution is 5.90. The van der Waals surface area contributed by atoms with E-state index in [9.17, 15) is 26.3 Å². The first-order chi connectivity index (χ1) is 19.5. The molecule has 1 aromatic carbocycles. The molecule has 1 N–H and O–H groups in total. The summed E-state index contributed by atoms with van der Waals surface area (Å²) in [5.41, 5.74) is -1.78. The molecule has 0 aliphatic carbocycles. The van der Waals surface area contributed by atoms with E-state index in [0.717, 1.165) is 18.2 Å². The van der Waals surface area contributed by atoms with Gasteiger partial charge < -0.3 is 14.8 Å². The Morgan fingerprint density at radius 1 is 0.805 bits per heavy atom. The molecule has 0 radical (unpaired) electrons. The van der Waals surface area contributed by atoms with Gasteiger partial charge in [-0.1, -0.05) is 0 Å². The van der Waals surface area contributed by atoms with Gasteiger partial charge in [0, 0.05) is 39.2 Å². The topological polar surface area (TPSA) is 85.3 Å². The Bertz CT molecular complexity index is 1460. The third kappa shape index (κ3) is 7.65. The lowest BCUT2D eigenvalue weighted by molar-refractivity contribution is -0.138. The van der Waals surface area contributed by atoms with Crippen molar-refractivity contribution in [3.8, 4) is 11.4 Å². The van der Waals surface area contributed by atoms with E-state index in [0.29, 0.717) is 37.4 Å². The monoisotopic (exact) mass is 580 g/mol. The maximum Gasteiger partial charge on any atom is 0.418 e. The molecule has 0 unspecified atom stereocenters. The first-order valence-corrected chi connectivity index (χ1v) is 12.3. The number of halogens is 6. The van der Waals surface area contributed by atoms with Crippen molar-refractivity contribution in [2.24, 2.45) is 0 Å². The number of ether oxygens (including phenoxy) is 2. The van der Waals surface area contributed by atoms with Gasteiger partial charge in [0.05, 0.1) is 42.0 Å². The molecular weight excluding hydrogens is 554 g/mol. The highest BCUT2D eigenvalue weighted by atomic mass is 19.4. The molecule has 0 atom stereocenters. The molecule has 4 rings (SSSR count). The van der Waals surface area contributed by atoms with Gasteiger partial charge in [0.1, 0.15) is 17.3 Å². The van der Waals surface area contributed by atoms with Crippen molar-refractivity contribution < 1.29 is 35.8 Å². The van der Waals surface area contributed by atoms with Gasteiger partial charge in [-0.05, 0) is 48.5 Å². The van der Waals surface area contributed by atoms with Crippen LogP contribution in [0.2, 0.25) is 0 Å². The average molecular weight is 581 g/mol. The molecule has 0 bridgehead atoms. The van der Waals surface area contributed by atoms with Crippen molar-refractivity contribution in [3.63, 3.8) is 0 Å². The van der Waals surface area contributed by atoms with Gasteiger partial charge in [-0.15, -0.1) is 0 Å². The standard InChI is InChI=1S/C27H26F6N6O2/c1-40-14-12-39(13-15-41-2)16-22-37-24(35-18-7-5-17(6-8-18)26(28,29)30)19-9-10-21(36-25(19)38-22)23-20(27(31,32)33)4-3-11-34-23/h3-11H,12-16H2,1-2H3,(H,35,36,37,38). The molecule has 0 fully saturated rings. The Kier molecular flexibility index (Phi) is 9.35. The number of hydrogen-bond acceptors (Lipinski definition) is 8. The number of benzene rings is 1. The Morgan fingerprint density at radius 3 is 2.10 bits per heavy atom. The molecule has 0 aliphatic rings. The number of pyridine rings is 2. The van der Waals surface area contributed by atoms with E-state index in [1.54, 1.807) is 14.2 Å². The fourth-order valence-corrected chi connectivity index (χ4v) is 3.98. The van der Waals surface area contributed by atoms with Gasteiger partial charge in [0.15, 0.2) is 5.65 Å². The van der Waals surface area contributed by atoms with E-state index in [2.05, 4.69) is 25.3 Å². The third-order valence-electron chi connectivity index (χ3n) is 6.03. The number of hydrogen-bond donors (Lipinski definition) is 1. The molecule has 0 amide bonds. The fraction of sp³-hybridized carbons (Fsp3) is 0.333. The van der Waals surface area contributed by atoms with Gasteiger partial charge in [-0.25, -0.2) is 15.0 Å². The second kappa shape index (κ2) is 12.7. The van der Waals surface area contributed by atoms with Gasteiger partial charge in [0.2, 0.25) is 0 Å². The minimum absolute atomic E-state index is 0.0498. The zero-order valence-corrected chi connectivity index (χ0v) is 22.1. The van der Waals surface area contributed by atoms with Crippen LogP contribution in [0.3, 0.4) is 0 Å². The van der Waals surface area contributed by atoms with Crippen LogP contribution < -0.4 is 5.32 Å². The van der Waals surface area contributed by atoms with Crippen molar-refractivity contribution in [2.75, 3.05) is 45.8 Å². The zero-order valence-electron chi connectivity index (χ0n) is 22.1. The fourth-order valence-electron chi connectivity index (χ4n) is 3.98. The van der Waals surface area contributed by atoms with Gasteiger partial charge in [-0.2, -0.15) is 26.3 Å². The van der Waals surface area contributed by atoms with Crippen molar-refractivity contribution in [2.45, 2.75) is 18.9 Å². The zero-order chi connectivity index (χ0) is 29.6. The quantitative estimate of drug-likeness (QED) is 0.218. The molecule has 3 heterocycles. The number of nitrogens with one attached hydrogen (secondary N) is 1. The molecule has 8 nitrogen and oxygen atoms in total. The molecule has 41 heavy (non-hydrogen) atoms. The van der Waals surface area contributed by atoms with E-state index in [1.807, 2.05) is 4.90 Å². The molecule has 0 saturated carbocycles. The van der Waals surface area contributed by atoms with Crippen molar-refractivity contribution in [1.82, 2.24) is 24.8 Å². The summed E-state index contributed by atoms with van der Waals surface area (Å²) in [7, 11) is 3.12. The van der Waals surface area contributed by atoms with Crippen molar-refractivity contribution in [3.05, 3.63) is 71.7 Å². The molecule has 0 aliphatic heterocycles. The highest BCUT2D eigenvalue weighted by Crippen LogP contribution is 2.36. The number of anilines is 2. The number of nitrogens with zero attached hydrogens (tertiary/aromatic N) is 5. The van der Waals surface area contributed by atoms with Crippen LogP contribution in [0.4, 0.5) is 37.8 Å². The molecule has 4 aromatic rings. The van der Waals surface area contributed by atoms with Crippen LogP contribution in [0.15, 0.2) is 54.7 Å². The van der Waals surface area contributed by atoms with Crippen molar-refractivity contribution >= 4 is 22.5 Å². The van der Waals surface area contributed by atoms with Crippen LogP contribution in [-0.2, 0) is 28.4 Å². The van der Waals surface area contributed by atoms with Crippen LogP contribution in [0, 0.1) is 0 Å². The van der Waals surface area contributed by atoms with Crippen molar-refractivity contribution in [1.29, 1.82) is 0 Å². The summed E-state index contributed by atoms with van der Waals surface area (Å²) in [6.45, 7) is 2.07. The molecule has 3 aromatic heterocycles. The molecule has 0 saturated heterocycles. The lowest BCUT2D eigenvalue weighted by Gasteiger charge is -2.21. The van der Waals surface area contributed by atoms with E-state index < -0.39 is 23.5 Å². The predicted molar refractivity (Wildman–Crippen MR) is 139 cm³/mol. The van der Waals surface area contributed by atoms with E-state index in [4.69, 9.17) is 9.47 Å². The van der Waals surface area contributed by atoms with E-state index >= 15 is 0 Å². The number of alkyl halides is 6. The average Bonchev–Trinajstić information content (AvgIpc) is 2.93. The third-order valence-corrected chi connectivity index (χ3v) is 6.03. The summed E-state index contributed by atoms with van der Waals surface area (Å²) < 4.78 is 90.5. The maximum absolute atomic E-state index is 13.7. The van der Waals surface area contributed by atoms with Crippen LogP contribution in [0.5, 0.6) is 0 Å². The van der Waals surface area contributed by atoms with Crippen LogP contribution in [0.25, 0.3) is 22.4 Å². The molecule has 0 spiro atoms. The SMILES string of the molecule is COCCN(CCOC)Cc1nc(Nc2ccc(C(F)(F)F)cc2)c2ccc(-c3ncccc3C(F)(F)F)nc2n1. The van der Waals surface area contributed by atoms with Gasteiger partial charge in [-0.3, -0.25) is 9.88 Å². The predicted octanol–water partition coefficient (Wildman–Crippen LogP) is 5.96. The summed E-state index contributed by atoms with van der Waals surface area (Å²) in [6.07, 6.45) is -7.92. The Morgan fingerprint density at radius 2 is 1.49 bits per heavy atom.